The van der Waals surface area contributed by atoms with Crippen molar-refractivity contribution >= 4 is 46.4 Å². The van der Waals surface area contributed by atoms with E-state index >= 15 is 0 Å². The summed E-state index contributed by atoms with van der Waals surface area (Å²) < 4.78 is 18.6. The summed E-state index contributed by atoms with van der Waals surface area (Å²) in [5, 5.41) is 11.4. The van der Waals surface area contributed by atoms with E-state index in [4.69, 9.17) is 53.9 Å². The SMILES string of the molecule is CC(O/C(=C(/O[N+](=O)[O-])n1ccnc1)c1ccc(Cl)cc1Cl)OC(C)Oc1ccc(Cl)cc1. The first-order chi connectivity index (χ1) is 15.7. The summed E-state index contributed by atoms with van der Waals surface area (Å²) in [5.74, 6) is 0.174. The van der Waals surface area contributed by atoms with E-state index in [0.29, 0.717) is 15.8 Å². The van der Waals surface area contributed by atoms with Crippen molar-refractivity contribution in [3.63, 3.8) is 0 Å². The van der Waals surface area contributed by atoms with Crippen molar-refractivity contribution in [2.75, 3.05) is 0 Å². The van der Waals surface area contributed by atoms with Crippen LogP contribution in [0.3, 0.4) is 0 Å². The summed E-state index contributed by atoms with van der Waals surface area (Å²) in [6.07, 6.45) is 2.50. The molecule has 12 heteroatoms. The van der Waals surface area contributed by atoms with Crippen LogP contribution in [0, 0.1) is 10.1 Å². The van der Waals surface area contributed by atoms with Gasteiger partial charge < -0.3 is 14.2 Å². The molecule has 0 saturated carbocycles. The maximum atomic E-state index is 11.2. The van der Waals surface area contributed by atoms with Gasteiger partial charge >= 0.3 is 5.09 Å². The van der Waals surface area contributed by atoms with Crippen molar-refractivity contribution in [1.29, 1.82) is 0 Å². The molecule has 0 spiro atoms. The fourth-order valence-corrected chi connectivity index (χ4v) is 3.37. The molecule has 33 heavy (non-hydrogen) atoms. The lowest BCUT2D eigenvalue weighted by Gasteiger charge is -2.24. The Kier molecular flexibility index (Phi) is 8.40. The van der Waals surface area contributed by atoms with E-state index in [1.165, 1.54) is 29.4 Å². The predicted molar refractivity (Wildman–Crippen MR) is 123 cm³/mol. The van der Waals surface area contributed by atoms with Gasteiger partial charge in [0.2, 0.25) is 18.5 Å². The maximum Gasteiger partial charge on any atom is 0.301 e. The monoisotopic (exact) mass is 513 g/mol. The average molecular weight is 515 g/mol. The van der Waals surface area contributed by atoms with Gasteiger partial charge in [0.15, 0.2) is 5.76 Å². The molecule has 0 bridgehead atoms. The molecule has 0 aliphatic rings. The van der Waals surface area contributed by atoms with Gasteiger partial charge in [-0.2, -0.15) is 0 Å². The Morgan fingerprint density at radius 3 is 2.36 bits per heavy atom. The quantitative estimate of drug-likeness (QED) is 0.139. The van der Waals surface area contributed by atoms with Gasteiger partial charge in [-0.05, 0) is 56.3 Å². The third-order valence-electron chi connectivity index (χ3n) is 4.05. The van der Waals surface area contributed by atoms with Crippen LogP contribution in [-0.2, 0) is 14.3 Å². The van der Waals surface area contributed by atoms with Gasteiger partial charge in [-0.15, -0.1) is 10.1 Å². The van der Waals surface area contributed by atoms with Crippen molar-refractivity contribution in [2.45, 2.75) is 26.4 Å². The molecule has 0 aliphatic heterocycles. The highest BCUT2D eigenvalue weighted by atomic mass is 35.5. The van der Waals surface area contributed by atoms with Gasteiger partial charge in [0, 0.05) is 28.0 Å². The van der Waals surface area contributed by atoms with Crippen molar-refractivity contribution in [1.82, 2.24) is 9.55 Å². The minimum absolute atomic E-state index is 0.0717. The Bertz CT molecular complexity index is 1120. The second-order valence-electron chi connectivity index (χ2n) is 6.50. The van der Waals surface area contributed by atoms with Crippen LogP contribution in [0.25, 0.3) is 11.6 Å². The Morgan fingerprint density at radius 2 is 1.76 bits per heavy atom. The molecule has 0 fully saturated rings. The molecular formula is C21H18Cl3N3O6. The van der Waals surface area contributed by atoms with Crippen LogP contribution in [0.5, 0.6) is 5.75 Å². The van der Waals surface area contributed by atoms with Crippen molar-refractivity contribution in [3.8, 4) is 5.75 Å². The Hall–Kier alpha value is -2.98. The fraction of sp³-hybridized carbons (Fsp3) is 0.190. The topological polar surface area (TPSA) is 97.9 Å². The van der Waals surface area contributed by atoms with Crippen LogP contribution in [0.2, 0.25) is 15.1 Å². The van der Waals surface area contributed by atoms with Crippen LogP contribution >= 0.6 is 34.8 Å². The number of benzene rings is 2. The molecule has 0 N–H and O–H groups in total. The molecule has 3 aromatic rings. The van der Waals surface area contributed by atoms with Gasteiger partial charge in [-0.25, -0.2) is 4.98 Å². The number of hydrogen-bond donors (Lipinski definition) is 0. The third-order valence-corrected chi connectivity index (χ3v) is 4.85. The van der Waals surface area contributed by atoms with E-state index in [2.05, 4.69) is 4.98 Å². The summed E-state index contributed by atoms with van der Waals surface area (Å²) in [7, 11) is 0. The first-order valence-corrected chi connectivity index (χ1v) is 10.6. The average Bonchev–Trinajstić information content (AvgIpc) is 3.27. The second kappa shape index (κ2) is 11.2. The molecule has 0 amide bonds. The van der Waals surface area contributed by atoms with E-state index in [9.17, 15) is 10.1 Å². The highest BCUT2D eigenvalue weighted by molar-refractivity contribution is 6.35. The van der Waals surface area contributed by atoms with Crippen molar-refractivity contribution < 1.29 is 24.1 Å². The largest absolute Gasteiger partial charge is 0.465 e. The zero-order chi connectivity index (χ0) is 24.0. The summed E-state index contributed by atoms with van der Waals surface area (Å²) in [6, 6.07) is 11.3. The van der Waals surface area contributed by atoms with Crippen LogP contribution < -0.4 is 4.74 Å². The first-order valence-electron chi connectivity index (χ1n) is 9.47. The van der Waals surface area contributed by atoms with Gasteiger partial charge in [-0.1, -0.05) is 34.8 Å². The lowest BCUT2D eigenvalue weighted by molar-refractivity contribution is -0.732. The smallest absolute Gasteiger partial charge is 0.301 e. The summed E-state index contributed by atoms with van der Waals surface area (Å²) in [6.45, 7) is 3.25. The fourth-order valence-electron chi connectivity index (χ4n) is 2.75. The maximum absolute atomic E-state index is 11.2. The zero-order valence-corrected chi connectivity index (χ0v) is 19.6. The number of nitrogens with zero attached hydrogens (tertiary/aromatic N) is 3. The van der Waals surface area contributed by atoms with Crippen LogP contribution in [0.4, 0.5) is 0 Å². The summed E-state index contributed by atoms with van der Waals surface area (Å²) >= 11 is 18.2. The first kappa shape index (κ1) is 24.7. The number of hydrogen-bond acceptors (Lipinski definition) is 7. The summed E-state index contributed by atoms with van der Waals surface area (Å²) in [4.78, 5) is 19.9. The van der Waals surface area contributed by atoms with E-state index < -0.39 is 17.7 Å². The Balaban J connectivity index is 1.90. The molecule has 3 rings (SSSR count). The number of aromatic nitrogens is 2. The van der Waals surface area contributed by atoms with Crippen LogP contribution in [-0.4, -0.2) is 27.2 Å². The number of ether oxygens (including phenoxy) is 3. The predicted octanol–water partition coefficient (Wildman–Crippen LogP) is 6.14. The molecule has 1 heterocycles. The molecule has 9 nitrogen and oxygen atoms in total. The van der Waals surface area contributed by atoms with Gasteiger partial charge in [0.1, 0.15) is 12.1 Å². The molecule has 0 radical (unpaired) electrons. The standard InChI is InChI=1S/C21H18Cl3N3O6/c1-13(31-17-6-3-15(22)4-7-17)30-14(2)32-20(18-8-5-16(23)11-19(18)24)21(33-27(28)29)26-10-9-25-12-26/h3-14H,1-2H3/b21-20+. The van der Waals surface area contributed by atoms with E-state index in [1.54, 1.807) is 50.2 Å². The molecular weight excluding hydrogens is 497 g/mol. The number of rotatable bonds is 10. The van der Waals surface area contributed by atoms with E-state index in [1.807, 2.05) is 0 Å². The van der Waals surface area contributed by atoms with Gasteiger partial charge in [-0.3, -0.25) is 9.40 Å². The summed E-state index contributed by atoms with van der Waals surface area (Å²) in [5.41, 5.74) is 0.285. The number of halogens is 3. The van der Waals surface area contributed by atoms with Gasteiger partial charge in [0.05, 0.1) is 5.02 Å². The van der Waals surface area contributed by atoms with Gasteiger partial charge in [0.25, 0.3) is 0 Å². The third kappa shape index (κ3) is 7.00. The highest BCUT2D eigenvalue weighted by Crippen LogP contribution is 2.33. The molecule has 0 aliphatic carbocycles. The van der Waals surface area contributed by atoms with E-state index in [-0.39, 0.29) is 22.2 Å². The second-order valence-corrected chi connectivity index (χ2v) is 7.78. The zero-order valence-electron chi connectivity index (χ0n) is 17.4. The van der Waals surface area contributed by atoms with E-state index in [0.717, 1.165) is 0 Å². The minimum Gasteiger partial charge on any atom is -0.465 e. The van der Waals surface area contributed by atoms with Crippen molar-refractivity contribution in [2.24, 2.45) is 0 Å². The highest BCUT2D eigenvalue weighted by Gasteiger charge is 2.23. The van der Waals surface area contributed by atoms with Crippen LogP contribution in [0.1, 0.15) is 19.4 Å². The van der Waals surface area contributed by atoms with Crippen LogP contribution in [0.15, 0.2) is 61.2 Å². The Morgan fingerprint density at radius 1 is 1.06 bits per heavy atom. The molecule has 2 aromatic carbocycles. The lowest BCUT2D eigenvalue weighted by Crippen LogP contribution is -2.25. The van der Waals surface area contributed by atoms with Crippen molar-refractivity contribution in [3.05, 3.63) is 91.9 Å². The lowest BCUT2D eigenvalue weighted by atomic mass is 10.2. The molecule has 174 valence electrons. The molecule has 2 atom stereocenters. The number of imidazole rings is 1. The molecule has 2 unspecified atom stereocenters. The molecule has 1 aromatic heterocycles. The normalized spacial score (nSPS) is 13.6. The Labute approximate surface area is 204 Å². The molecule has 0 saturated heterocycles. The minimum atomic E-state index is -0.972.